The van der Waals surface area contributed by atoms with Crippen molar-refractivity contribution >= 4 is 5.69 Å². The van der Waals surface area contributed by atoms with Crippen LogP contribution in [0.2, 0.25) is 0 Å². The molecule has 1 saturated heterocycles. The van der Waals surface area contributed by atoms with Crippen LogP contribution in [0, 0.1) is 0 Å². The van der Waals surface area contributed by atoms with E-state index >= 15 is 0 Å². The van der Waals surface area contributed by atoms with Crippen LogP contribution in [0.4, 0.5) is 5.69 Å². The Morgan fingerprint density at radius 1 is 1.11 bits per heavy atom. The van der Waals surface area contributed by atoms with Crippen molar-refractivity contribution < 1.29 is 5.11 Å². The first-order valence-corrected chi connectivity index (χ1v) is 7.56. The molecule has 2 fully saturated rings. The number of nitrogens with zero attached hydrogens (tertiary/aromatic N) is 1. The van der Waals surface area contributed by atoms with Crippen molar-refractivity contribution in [3.05, 3.63) is 29.8 Å². The Bertz CT molecular complexity index is 400. The zero-order valence-corrected chi connectivity index (χ0v) is 11.5. The molecule has 1 aliphatic heterocycles. The summed E-state index contributed by atoms with van der Waals surface area (Å²) in [6.07, 6.45) is 6.27. The largest absolute Gasteiger partial charge is 0.394 e. The van der Waals surface area contributed by atoms with Crippen LogP contribution in [0.15, 0.2) is 24.3 Å². The van der Waals surface area contributed by atoms with E-state index < -0.39 is 0 Å². The summed E-state index contributed by atoms with van der Waals surface area (Å²) in [5.41, 5.74) is 2.61. The van der Waals surface area contributed by atoms with Crippen molar-refractivity contribution in [2.24, 2.45) is 0 Å². The van der Waals surface area contributed by atoms with Gasteiger partial charge in [-0.25, -0.2) is 0 Å². The molecule has 19 heavy (non-hydrogen) atoms. The summed E-state index contributed by atoms with van der Waals surface area (Å²) in [4.78, 5) is 2.36. The molecular formula is C16H24N2O. The normalized spacial score (nSPS) is 23.6. The first kappa shape index (κ1) is 12.9. The Morgan fingerprint density at radius 3 is 2.58 bits per heavy atom. The van der Waals surface area contributed by atoms with Crippen LogP contribution in [0.5, 0.6) is 0 Å². The highest BCUT2D eigenvalue weighted by Gasteiger charge is 2.22. The summed E-state index contributed by atoms with van der Waals surface area (Å²) in [5.74, 6) is 0. The molecule has 0 amide bonds. The van der Waals surface area contributed by atoms with Gasteiger partial charge in [0.05, 0.1) is 12.6 Å². The zero-order valence-electron chi connectivity index (χ0n) is 11.5. The van der Waals surface area contributed by atoms with E-state index in [9.17, 15) is 5.11 Å². The minimum Gasteiger partial charge on any atom is -0.394 e. The SMILES string of the molecule is OCC1CCCCN1c1ccc(CNC2CC2)cc1. The quantitative estimate of drug-likeness (QED) is 0.852. The lowest BCUT2D eigenvalue weighted by Crippen LogP contribution is -2.41. The molecule has 2 N–H and O–H groups in total. The molecule has 0 radical (unpaired) electrons. The molecule has 3 heteroatoms. The minimum atomic E-state index is 0.269. The zero-order chi connectivity index (χ0) is 13.1. The third kappa shape index (κ3) is 3.28. The van der Waals surface area contributed by atoms with Crippen LogP contribution in [0.3, 0.4) is 0 Å². The van der Waals surface area contributed by atoms with Gasteiger partial charge in [-0.15, -0.1) is 0 Å². The third-order valence-corrected chi connectivity index (χ3v) is 4.28. The van der Waals surface area contributed by atoms with Crippen LogP contribution in [-0.2, 0) is 6.54 Å². The van der Waals surface area contributed by atoms with E-state index in [4.69, 9.17) is 0 Å². The van der Waals surface area contributed by atoms with Gasteiger partial charge in [-0.3, -0.25) is 0 Å². The second kappa shape index (κ2) is 5.93. The second-order valence-corrected chi connectivity index (χ2v) is 5.85. The Kier molecular flexibility index (Phi) is 4.04. The predicted octanol–water partition coefficient (Wildman–Crippen LogP) is 2.29. The average Bonchev–Trinajstić information content (AvgIpc) is 3.30. The molecular weight excluding hydrogens is 236 g/mol. The number of benzene rings is 1. The van der Waals surface area contributed by atoms with Crippen LogP contribution in [0.1, 0.15) is 37.7 Å². The van der Waals surface area contributed by atoms with Crippen LogP contribution in [0.25, 0.3) is 0 Å². The monoisotopic (exact) mass is 260 g/mol. The van der Waals surface area contributed by atoms with E-state index in [-0.39, 0.29) is 6.61 Å². The number of aliphatic hydroxyl groups is 1. The molecule has 1 aliphatic carbocycles. The summed E-state index contributed by atoms with van der Waals surface area (Å²) in [6, 6.07) is 9.92. The molecule has 3 rings (SSSR count). The summed E-state index contributed by atoms with van der Waals surface area (Å²) in [6.45, 7) is 2.32. The van der Waals surface area contributed by atoms with Crippen molar-refractivity contribution in [2.75, 3.05) is 18.1 Å². The summed E-state index contributed by atoms with van der Waals surface area (Å²) < 4.78 is 0. The molecule has 1 unspecified atom stereocenters. The van der Waals surface area contributed by atoms with Crippen molar-refractivity contribution in [2.45, 2.75) is 50.7 Å². The van der Waals surface area contributed by atoms with E-state index in [1.807, 2.05) is 0 Å². The summed E-state index contributed by atoms with van der Waals surface area (Å²) in [5, 5.41) is 13.0. The van der Waals surface area contributed by atoms with Crippen molar-refractivity contribution in [1.82, 2.24) is 5.32 Å². The minimum absolute atomic E-state index is 0.269. The highest BCUT2D eigenvalue weighted by Crippen LogP contribution is 2.25. The van der Waals surface area contributed by atoms with E-state index in [0.717, 1.165) is 25.6 Å². The maximum absolute atomic E-state index is 9.48. The molecule has 1 heterocycles. The fourth-order valence-corrected chi connectivity index (χ4v) is 2.89. The maximum Gasteiger partial charge on any atom is 0.0635 e. The lowest BCUT2D eigenvalue weighted by atomic mass is 10.0. The molecule has 1 saturated carbocycles. The Hall–Kier alpha value is -1.06. The number of nitrogens with one attached hydrogen (secondary N) is 1. The molecule has 1 aromatic carbocycles. The fourth-order valence-electron chi connectivity index (χ4n) is 2.89. The fraction of sp³-hybridized carbons (Fsp3) is 0.625. The standard InChI is InChI=1S/C16H24N2O/c19-12-16-3-1-2-10-18(16)15-8-4-13(5-9-15)11-17-14-6-7-14/h4-5,8-9,14,16-17,19H,1-3,6-7,10-12H2. The van der Waals surface area contributed by atoms with Crippen LogP contribution in [-0.4, -0.2) is 30.3 Å². The van der Waals surface area contributed by atoms with Crippen molar-refractivity contribution in [1.29, 1.82) is 0 Å². The van der Waals surface area contributed by atoms with Gasteiger partial charge in [0.25, 0.3) is 0 Å². The molecule has 0 spiro atoms. The second-order valence-electron chi connectivity index (χ2n) is 5.85. The molecule has 0 aromatic heterocycles. The Morgan fingerprint density at radius 2 is 1.89 bits per heavy atom. The van der Waals surface area contributed by atoms with Gasteiger partial charge < -0.3 is 15.3 Å². The molecule has 104 valence electrons. The maximum atomic E-state index is 9.48. The Labute approximate surface area is 115 Å². The van der Waals surface area contributed by atoms with E-state index in [1.165, 1.54) is 36.9 Å². The molecule has 2 aliphatic rings. The molecule has 3 nitrogen and oxygen atoms in total. The average molecular weight is 260 g/mol. The van der Waals surface area contributed by atoms with Gasteiger partial charge in [-0.05, 0) is 49.8 Å². The Balaban J connectivity index is 1.62. The topological polar surface area (TPSA) is 35.5 Å². The van der Waals surface area contributed by atoms with Gasteiger partial charge in [0.2, 0.25) is 0 Å². The number of hydrogen-bond donors (Lipinski definition) is 2. The third-order valence-electron chi connectivity index (χ3n) is 4.28. The summed E-state index contributed by atoms with van der Waals surface area (Å²) in [7, 11) is 0. The van der Waals surface area contributed by atoms with E-state index in [2.05, 4.69) is 34.5 Å². The number of anilines is 1. The first-order valence-electron chi connectivity index (χ1n) is 7.56. The molecule has 1 atom stereocenters. The predicted molar refractivity (Wildman–Crippen MR) is 78.4 cm³/mol. The lowest BCUT2D eigenvalue weighted by Gasteiger charge is -2.36. The smallest absolute Gasteiger partial charge is 0.0635 e. The summed E-state index contributed by atoms with van der Waals surface area (Å²) >= 11 is 0. The highest BCUT2D eigenvalue weighted by atomic mass is 16.3. The lowest BCUT2D eigenvalue weighted by molar-refractivity contribution is 0.240. The van der Waals surface area contributed by atoms with E-state index in [1.54, 1.807) is 0 Å². The van der Waals surface area contributed by atoms with Crippen molar-refractivity contribution in [3.63, 3.8) is 0 Å². The van der Waals surface area contributed by atoms with Gasteiger partial charge in [-0.2, -0.15) is 0 Å². The highest BCUT2D eigenvalue weighted by molar-refractivity contribution is 5.49. The van der Waals surface area contributed by atoms with Gasteiger partial charge in [0.1, 0.15) is 0 Å². The number of hydrogen-bond acceptors (Lipinski definition) is 3. The van der Waals surface area contributed by atoms with Gasteiger partial charge in [0.15, 0.2) is 0 Å². The van der Waals surface area contributed by atoms with Gasteiger partial charge >= 0.3 is 0 Å². The van der Waals surface area contributed by atoms with Gasteiger partial charge in [-0.1, -0.05) is 12.1 Å². The van der Waals surface area contributed by atoms with Crippen molar-refractivity contribution in [3.8, 4) is 0 Å². The first-order chi connectivity index (χ1) is 9.36. The number of aliphatic hydroxyl groups excluding tert-OH is 1. The van der Waals surface area contributed by atoms with Crippen LogP contribution < -0.4 is 10.2 Å². The molecule has 0 bridgehead atoms. The van der Waals surface area contributed by atoms with Crippen LogP contribution >= 0.6 is 0 Å². The molecule has 1 aromatic rings. The van der Waals surface area contributed by atoms with E-state index in [0.29, 0.717) is 6.04 Å². The van der Waals surface area contributed by atoms with Gasteiger partial charge in [0, 0.05) is 24.8 Å². The number of rotatable bonds is 5. The number of piperidine rings is 1.